The summed E-state index contributed by atoms with van der Waals surface area (Å²) >= 11 is 0. The van der Waals surface area contributed by atoms with E-state index in [-0.39, 0.29) is 97.2 Å². The summed E-state index contributed by atoms with van der Waals surface area (Å²) in [6, 6.07) is 26.4. The maximum Gasteiger partial charge on any atom is 0.411 e. The molecule has 4 heterocycles. The Morgan fingerprint density at radius 2 is 0.777 bits per heavy atom. The van der Waals surface area contributed by atoms with Crippen molar-refractivity contribution in [3.8, 4) is 0 Å². The van der Waals surface area contributed by atoms with Crippen LogP contribution in [0.2, 0.25) is 0 Å². The highest BCUT2D eigenvalue weighted by molar-refractivity contribution is 5.88. The average Bonchev–Trinajstić information content (AvgIpc) is 1.70. The Morgan fingerprint density at radius 1 is 0.447 bits per heavy atom. The number of ether oxygens (including phenoxy) is 6. The number of amides is 5. The minimum Gasteiger partial charge on any atom is -0.481 e. The standard InChI is InChI=1S/C20H29N3O5.C18H26N2O4.C14H19N3O3.C10H18N2O4.C8H14O4.3CH4/c1-20(2,3)28-19(26)22-12-17(24)23-13-15(10-16(23)18(25)27-4)21-11-14-8-6-5-7-9-14;1-18(2,3)24-17(22)20-12-14(10-15(20)16(21)23-4)19-11-13-8-6-5-7-9-13;15-7-13(18)17-9-11(6-12(17)14(19)20)16-8-10-4-2-1-3-5-10;1-10(2,3)16-9(15)12-5-6(11)4-7(12)8(13)14;1-8(2,3)12-7(11)5-4-6(9)10;;;/h5-9,15-16,21H,10-13H2,1-4H3,(H,22,26);5-9,14-15,19H,10-12H2,1-4H3;1-5,11-12,16H,6-9,15H2,(H,19,20);6-7H,4-5,11H2,1-3H3,(H,13,14);4-5H2,1-3H3,(H,9,10);3*1H4/t15-,16+;14-,15+;11-,12+;6-,7+;;;;/m1111..../s1. The Balaban J connectivity index is 0.00000129. The number of nitrogens with two attached hydrogens (primary N) is 2. The average molecular weight is 1460 g/mol. The van der Waals surface area contributed by atoms with E-state index < -0.39 is 101 Å². The van der Waals surface area contributed by atoms with Gasteiger partial charge in [-0.05, 0) is 125 Å². The Bertz CT molecular complexity index is 3140. The Kier molecular flexibility index (Phi) is 40.6. The van der Waals surface area contributed by atoms with Crippen LogP contribution in [0.5, 0.6) is 0 Å². The highest BCUT2D eigenvalue weighted by Crippen LogP contribution is 2.25. The number of likely N-dealkylation sites (tertiary alicyclic amines) is 4. The topological polar surface area (TPSA) is 417 Å². The predicted octanol–water partition coefficient (Wildman–Crippen LogP) is 7.07. The second-order valence-electron chi connectivity index (χ2n) is 28.1. The summed E-state index contributed by atoms with van der Waals surface area (Å²) < 4.78 is 30.2. The van der Waals surface area contributed by atoms with Crippen molar-refractivity contribution >= 4 is 65.9 Å². The molecule has 4 fully saturated rings. The molecule has 0 aromatic heterocycles. The van der Waals surface area contributed by atoms with Gasteiger partial charge in [-0.1, -0.05) is 113 Å². The summed E-state index contributed by atoms with van der Waals surface area (Å²) in [5.41, 5.74) is 11.9. The fourth-order valence-corrected chi connectivity index (χ4v) is 10.5. The third-order valence-electron chi connectivity index (χ3n) is 14.9. The van der Waals surface area contributed by atoms with Gasteiger partial charge in [0.15, 0.2) is 0 Å². The van der Waals surface area contributed by atoms with Gasteiger partial charge in [0.25, 0.3) is 0 Å². The molecule has 7 rings (SSSR count). The number of aliphatic carboxylic acids is 3. The van der Waals surface area contributed by atoms with Gasteiger partial charge >= 0.3 is 54.1 Å². The third-order valence-corrected chi connectivity index (χ3v) is 14.9. The highest BCUT2D eigenvalue weighted by Gasteiger charge is 2.44. The molecule has 580 valence electrons. The molecule has 0 saturated carbocycles. The summed E-state index contributed by atoms with van der Waals surface area (Å²) in [6.45, 7) is 24.0. The smallest absolute Gasteiger partial charge is 0.411 e. The number of methoxy groups -OCH3 is 2. The Labute approximate surface area is 607 Å². The first-order valence-corrected chi connectivity index (χ1v) is 33.0. The molecule has 5 amide bonds. The van der Waals surface area contributed by atoms with E-state index in [0.29, 0.717) is 58.5 Å². The lowest BCUT2D eigenvalue weighted by Gasteiger charge is -2.27. The highest BCUT2D eigenvalue weighted by atomic mass is 16.6. The summed E-state index contributed by atoms with van der Waals surface area (Å²) in [6.07, 6.45) is -0.358. The van der Waals surface area contributed by atoms with Crippen LogP contribution in [0, 0.1) is 0 Å². The zero-order chi connectivity index (χ0) is 75.3. The van der Waals surface area contributed by atoms with Gasteiger partial charge in [-0.3, -0.25) is 29.0 Å². The Morgan fingerprint density at radius 3 is 1.12 bits per heavy atom. The fourth-order valence-electron chi connectivity index (χ4n) is 10.5. The first-order chi connectivity index (χ1) is 46.6. The van der Waals surface area contributed by atoms with Crippen LogP contribution in [0.15, 0.2) is 91.0 Å². The van der Waals surface area contributed by atoms with E-state index in [0.717, 1.165) is 16.7 Å². The SMILES string of the molecule is C.C.C.CC(C)(C)OC(=O)CCC(=O)O.CC(C)(C)OC(=O)N1C[C@H](N)C[C@H]1C(=O)O.COC(=O)[C@@H]1C[C@@H](NCc2ccccc2)CN1C(=O)CNC(=O)OC(C)(C)C.COC(=O)[C@@H]1C[C@@H](NCc2ccccc2)CN1C(=O)OC(C)(C)C.NCC(=O)N1C[C@H](NCc2ccccc2)C[C@H]1C(=O)O. The van der Waals surface area contributed by atoms with Crippen molar-refractivity contribution in [3.05, 3.63) is 108 Å². The fraction of sp³-hybridized carbons (Fsp3) is 0.603. The molecule has 4 aliphatic heterocycles. The number of hydrogen-bond acceptors (Lipinski definition) is 22. The van der Waals surface area contributed by atoms with Crippen LogP contribution in [-0.2, 0) is 86.4 Å². The van der Waals surface area contributed by atoms with E-state index >= 15 is 0 Å². The molecule has 30 heteroatoms. The van der Waals surface area contributed by atoms with Crippen molar-refractivity contribution in [2.75, 3.05) is 53.5 Å². The predicted molar refractivity (Wildman–Crippen MR) is 388 cm³/mol. The summed E-state index contributed by atoms with van der Waals surface area (Å²) in [4.78, 5) is 133. The maximum atomic E-state index is 12.6. The maximum absolute atomic E-state index is 12.6. The molecule has 3 aromatic rings. The van der Waals surface area contributed by atoms with Crippen LogP contribution in [0.4, 0.5) is 14.4 Å². The minimum atomic E-state index is -1.04. The van der Waals surface area contributed by atoms with Crippen LogP contribution >= 0.6 is 0 Å². The molecule has 30 nitrogen and oxygen atoms in total. The number of carbonyl (C=O) groups is 11. The van der Waals surface area contributed by atoms with E-state index in [1.54, 1.807) is 83.1 Å². The molecule has 0 aliphatic carbocycles. The molecule has 0 bridgehead atoms. The van der Waals surface area contributed by atoms with Gasteiger partial charge < -0.3 is 86.3 Å². The number of benzene rings is 3. The molecular formula is C73H118N10O20. The number of carboxylic acid groups (broad SMARTS) is 3. The quantitative estimate of drug-likeness (QED) is 0.0428. The van der Waals surface area contributed by atoms with Crippen molar-refractivity contribution in [1.29, 1.82) is 0 Å². The molecule has 0 unspecified atom stereocenters. The molecule has 0 spiro atoms. The van der Waals surface area contributed by atoms with Crippen molar-refractivity contribution in [2.45, 2.75) is 234 Å². The monoisotopic (exact) mass is 1450 g/mol. The van der Waals surface area contributed by atoms with E-state index in [4.69, 9.17) is 55.2 Å². The van der Waals surface area contributed by atoms with Gasteiger partial charge in [0.05, 0.1) is 33.6 Å². The van der Waals surface area contributed by atoms with Crippen molar-refractivity contribution < 1.29 is 96.5 Å². The molecule has 3 aromatic carbocycles. The van der Waals surface area contributed by atoms with E-state index in [1.807, 2.05) is 91.0 Å². The summed E-state index contributed by atoms with van der Waals surface area (Å²) in [5, 5.41) is 38.9. The number of esters is 3. The van der Waals surface area contributed by atoms with Crippen LogP contribution < -0.4 is 32.7 Å². The van der Waals surface area contributed by atoms with Crippen molar-refractivity contribution in [3.63, 3.8) is 0 Å². The molecule has 103 heavy (non-hydrogen) atoms. The molecule has 4 saturated heterocycles. The molecule has 11 N–H and O–H groups in total. The zero-order valence-electron chi connectivity index (χ0n) is 60.1. The van der Waals surface area contributed by atoms with Gasteiger partial charge in [0, 0.05) is 70.0 Å². The van der Waals surface area contributed by atoms with Gasteiger partial charge in [-0.2, -0.15) is 0 Å². The van der Waals surface area contributed by atoms with Crippen molar-refractivity contribution in [1.82, 2.24) is 40.9 Å². The zero-order valence-corrected chi connectivity index (χ0v) is 60.1. The lowest BCUT2D eigenvalue weighted by molar-refractivity contribution is -0.157. The van der Waals surface area contributed by atoms with Crippen LogP contribution in [-0.4, -0.2) is 225 Å². The summed E-state index contributed by atoms with van der Waals surface area (Å²) in [7, 11) is 2.63. The molecule has 0 radical (unpaired) electrons. The molecular weight excluding hydrogens is 1340 g/mol. The minimum absolute atomic E-state index is 0. The first kappa shape index (κ1) is 94.0. The lowest BCUT2D eigenvalue weighted by atomic mass is 10.1. The number of nitrogens with one attached hydrogen (secondary N) is 4. The van der Waals surface area contributed by atoms with Crippen LogP contribution in [0.1, 0.15) is 161 Å². The van der Waals surface area contributed by atoms with E-state index in [2.05, 4.69) is 21.3 Å². The van der Waals surface area contributed by atoms with Gasteiger partial charge in [-0.15, -0.1) is 0 Å². The first-order valence-electron chi connectivity index (χ1n) is 33.0. The second kappa shape index (κ2) is 44.5. The van der Waals surface area contributed by atoms with Gasteiger partial charge in [0.1, 0.15) is 53.1 Å². The Hall–Kier alpha value is -8.97. The van der Waals surface area contributed by atoms with E-state index in [1.165, 1.54) is 33.8 Å². The lowest BCUT2D eigenvalue weighted by Crippen LogP contribution is -2.47. The van der Waals surface area contributed by atoms with Crippen LogP contribution in [0.25, 0.3) is 0 Å². The molecule has 8 atom stereocenters. The third kappa shape index (κ3) is 36.1. The van der Waals surface area contributed by atoms with Crippen molar-refractivity contribution in [2.24, 2.45) is 11.5 Å². The number of nitrogens with zero attached hydrogens (tertiary/aromatic N) is 4. The normalized spacial score (nSPS) is 19.6. The summed E-state index contributed by atoms with van der Waals surface area (Å²) in [5.74, 6) is -5.02. The molecule has 4 aliphatic rings. The van der Waals surface area contributed by atoms with Crippen LogP contribution in [0.3, 0.4) is 0 Å². The second-order valence-corrected chi connectivity index (χ2v) is 28.1. The van der Waals surface area contributed by atoms with Gasteiger partial charge in [0.2, 0.25) is 11.8 Å². The largest absolute Gasteiger partial charge is 0.481 e. The van der Waals surface area contributed by atoms with Gasteiger partial charge in [-0.25, -0.2) is 33.6 Å². The van der Waals surface area contributed by atoms with E-state index in [9.17, 15) is 52.7 Å². The number of alkyl carbamates (subject to hydrolysis) is 1. The number of carbonyl (C=O) groups excluding carboxylic acids is 8. The number of rotatable bonds is 19. The number of carboxylic acids is 3. The number of hydrogen-bond donors (Lipinski definition) is 9.